The van der Waals surface area contributed by atoms with Crippen molar-refractivity contribution in [1.82, 2.24) is 9.80 Å². The predicted octanol–water partition coefficient (Wildman–Crippen LogP) is 2.17. The standard InChI is InChI=1S/C17H31N3O/c1-14(2)12-20(9-8-19(3)4)13-16-10-15(11-18)6-7-17(16)21-5/h6-7,10,14H,8-9,11-13,18H2,1-5H3. The van der Waals surface area contributed by atoms with Crippen molar-refractivity contribution in [3.05, 3.63) is 29.3 Å². The van der Waals surface area contributed by atoms with E-state index < -0.39 is 0 Å². The summed E-state index contributed by atoms with van der Waals surface area (Å²) in [5.41, 5.74) is 8.14. The number of hydrogen-bond acceptors (Lipinski definition) is 4. The summed E-state index contributed by atoms with van der Waals surface area (Å²) in [6, 6.07) is 6.23. The summed E-state index contributed by atoms with van der Waals surface area (Å²) in [7, 11) is 5.96. The third-order valence-corrected chi connectivity index (χ3v) is 3.46. The smallest absolute Gasteiger partial charge is 0.123 e. The van der Waals surface area contributed by atoms with Crippen LogP contribution in [0.1, 0.15) is 25.0 Å². The van der Waals surface area contributed by atoms with Gasteiger partial charge in [0.05, 0.1) is 7.11 Å². The van der Waals surface area contributed by atoms with Gasteiger partial charge in [-0.2, -0.15) is 0 Å². The molecule has 0 spiro atoms. The van der Waals surface area contributed by atoms with Gasteiger partial charge in [0.15, 0.2) is 0 Å². The van der Waals surface area contributed by atoms with Gasteiger partial charge in [-0.15, -0.1) is 0 Å². The molecule has 0 aliphatic heterocycles. The Balaban J connectivity index is 2.84. The first kappa shape index (κ1) is 18.0. The Labute approximate surface area is 129 Å². The van der Waals surface area contributed by atoms with Gasteiger partial charge in [-0.3, -0.25) is 4.90 Å². The van der Waals surface area contributed by atoms with Crippen LogP contribution in [0.25, 0.3) is 0 Å². The van der Waals surface area contributed by atoms with Crippen LogP contribution >= 0.6 is 0 Å². The van der Waals surface area contributed by atoms with Crippen molar-refractivity contribution >= 4 is 0 Å². The zero-order valence-corrected chi connectivity index (χ0v) is 14.2. The maximum atomic E-state index is 5.76. The number of likely N-dealkylation sites (N-methyl/N-ethyl adjacent to an activating group) is 1. The van der Waals surface area contributed by atoms with Crippen LogP contribution in [0, 0.1) is 5.92 Å². The van der Waals surface area contributed by atoms with Crippen molar-refractivity contribution in [3.63, 3.8) is 0 Å². The zero-order chi connectivity index (χ0) is 15.8. The molecule has 4 nitrogen and oxygen atoms in total. The molecule has 0 unspecified atom stereocenters. The second-order valence-electron chi connectivity index (χ2n) is 6.28. The number of benzene rings is 1. The molecule has 120 valence electrons. The monoisotopic (exact) mass is 293 g/mol. The SMILES string of the molecule is COc1ccc(CN)cc1CN(CCN(C)C)CC(C)C. The number of nitrogens with two attached hydrogens (primary N) is 1. The highest BCUT2D eigenvalue weighted by atomic mass is 16.5. The maximum absolute atomic E-state index is 5.76. The van der Waals surface area contributed by atoms with Gasteiger partial charge >= 0.3 is 0 Å². The van der Waals surface area contributed by atoms with Crippen LogP contribution in [0.5, 0.6) is 5.75 Å². The van der Waals surface area contributed by atoms with E-state index in [1.54, 1.807) is 7.11 Å². The average molecular weight is 293 g/mol. The Hall–Kier alpha value is -1.10. The van der Waals surface area contributed by atoms with Gasteiger partial charge < -0.3 is 15.4 Å². The Kier molecular flexibility index (Phi) is 7.72. The van der Waals surface area contributed by atoms with Crippen LogP contribution in [0.15, 0.2) is 18.2 Å². The van der Waals surface area contributed by atoms with E-state index in [9.17, 15) is 0 Å². The third-order valence-electron chi connectivity index (χ3n) is 3.46. The van der Waals surface area contributed by atoms with Crippen LogP contribution in [-0.2, 0) is 13.1 Å². The summed E-state index contributed by atoms with van der Waals surface area (Å²) in [6.45, 7) is 9.20. The van der Waals surface area contributed by atoms with Crippen molar-refractivity contribution in [3.8, 4) is 5.75 Å². The molecule has 1 aromatic rings. The summed E-state index contributed by atoms with van der Waals surface area (Å²) in [4.78, 5) is 4.71. The Bertz CT molecular complexity index is 418. The Morgan fingerprint density at radius 2 is 1.90 bits per heavy atom. The molecule has 0 fully saturated rings. The molecule has 0 radical (unpaired) electrons. The van der Waals surface area contributed by atoms with E-state index in [4.69, 9.17) is 10.5 Å². The molecule has 1 rings (SSSR count). The van der Waals surface area contributed by atoms with Crippen molar-refractivity contribution < 1.29 is 4.74 Å². The number of hydrogen-bond donors (Lipinski definition) is 1. The van der Waals surface area contributed by atoms with Gasteiger partial charge in [0.2, 0.25) is 0 Å². The van der Waals surface area contributed by atoms with E-state index in [0.717, 1.165) is 37.5 Å². The molecule has 0 aromatic heterocycles. The summed E-state index contributed by atoms with van der Waals surface area (Å²) in [5.74, 6) is 1.60. The van der Waals surface area contributed by atoms with Crippen molar-refractivity contribution in [2.24, 2.45) is 11.7 Å². The van der Waals surface area contributed by atoms with Crippen molar-refractivity contribution in [2.45, 2.75) is 26.9 Å². The number of rotatable bonds is 9. The molecule has 1 aromatic carbocycles. The summed E-state index contributed by atoms with van der Waals surface area (Å²) in [6.07, 6.45) is 0. The molecule has 0 heterocycles. The quantitative estimate of drug-likeness (QED) is 0.758. The first-order valence-electron chi connectivity index (χ1n) is 7.69. The number of ether oxygens (including phenoxy) is 1. The minimum atomic E-state index is 0.568. The molecule has 0 aliphatic carbocycles. The molecule has 4 heteroatoms. The topological polar surface area (TPSA) is 41.7 Å². The highest BCUT2D eigenvalue weighted by molar-refractivity contribution is 5.37. The molecule has 21 heavy (non-hydrogen) atoms. The van der Waals surface area contributed by atoms with Crippen LogP contribution < -0.4 is 10.5 Å². The molecule has 0 saturated carbocycles. The molecule has 0 aliphatic rings. The molecular formula is C17H31N3O. The van der Waals surface area contributed by atoms with Gasteiger partial charge in [0.1, 0.15) is 5.75 Å². The van der Waals surface area contributed by atoms with E-state index in [1.807, 2.05) is 12.1 Å². The lowest BCUT2D eigenvalue weighted by Crippen LogP contribution is -2.34. The molecule has 0 amide bonds. The van der Waals surface area contributed by atoms with Gasteiger partial charge in [0, 0.05) is 38.3 Å². The maximum Gasteiger partial charge on any atom is 0.123 e. The highest BCUT2D eigenvalue weighted by Gasteiger charge is 2.12. The van der Waals surface area contributed by atoms with Crippen LogP contribution in [-0.4, -0.2) is 50.6 Å². The first-order valence-corrected chi connectivity index (χ1v) is 7.69. The van der Waals surface area contributed by atoms with E-state index in [2.05, 4.69) is 43.8 Å². The fraction of sp³-hybridized carbons (Fsp3) is 0.647. The van der Waals surface area contributed by atoms with Gasteiger partial charge in [-0.05, 0) is 37.7 Å². The fourth-order valence-electron chi connectivity index (χ4n) is 2.42. The van der Waals surface area contributed by atoms with E-state index in [-0.39, 0.29) is 0 Å². The minimum Gasteiger partial charge on any atom is -0.496 e. The number of nitrogens with zero attached hydrogens (tertiary/aromatic N) is 2. The predicted molar refractivity (Wildman–Crippen MR) is 89.6 cm³/mol. The molecule has 0 saturated heterocycles. The molecule has 2 N–H and O–H groups in total. The Morgan fingerprint density at radius 3 is 2.43 bits per heavy atom. The molecule has 0 atom stereocenters. The van der Waals surface area contributed by atoms with E-state index in [0.29, 0.717) is 12.5 Å². The Morgan fingerprint density at radius 1 is 1.19 bits per heavy atom. The fourth-order valence-corrected chi connectivity index (χ4v) is 2.42. The summed E-state index contributed by atoms with van der Waals surface area (Å²) < 4.78 is 5.50. The normalized spacial score (nSPS) is 11.7. The number of methoxy groups -OCH3 is 1. The second-order valence-corrected chi connectivity index (χ2v) is 6.28. The lowest BCUT2D eigenvalue weighted by atomic mass is 10.1. The lowest BCUT2D eigenvalue weighted by molar-refractivity contribution is 0.209. The highest BCUT2D eigenvalue weighted by Crippen LogP contribution is 2.22. The first-order chi connectivity index (χ1) is 9.96. The van der Waals surface area contributed by atoms with Gasteiger partial charge in [-0.25, -0.2) is 0 Å². The van der Waals surface area contributed by atoms with Crippen LogP contribution in [0.2, 0.25) is 0 Å². The summed E-state index contributed by atoms with van der Waals surface area (Å²) >= 11 is 0. The minimum absolute atomic E-state index is 0.568. The molecule has 0 bridgehead atoms. The summed E-state index contributed by atoms with van der Waals surface area (Å²) in [5, 5.41) is 0. The van der Waals surface area contributed by atoms with Crippen molar-refractivity contribution in [1.29, 1.82) is 0 Å². The van der Waals surface area contributed by atoms with E-state index in [1.165, 1.54) is 5.56 Å². The second kappa shape index (κ2) is 9.03. The van der Waals surface area contributed by atoms with E-state index >= 15 is 0 Å². The molecular weight excluding hydrogens is 262 g/mol. The lowest BCUT2D eigenvalue weighted by Gasteiger charge is -2.26. The van der Waals surface area contributed by atoms with Crippen LogP contribution in [0.3, 0.4) is 0 Å². The third kappa shape index (κ3) is 6.46. The van der Waals surface area contributed by atoms with Crippen molar-refractivity contribution in [2.75, 3.05) is 40.8 Å². The zero-order valence-electron chi connectivity index (χ0n) is 14.2. The van der Waals surface area contributed by atoms with Gasteiger partial charge in [0.25, 0.3) is 0 Å². The van der Waals surface area contributed by atoms with Gasteiger partial charge in [-0.1, -0.05) is 19.9 Å². The van der Waals surface area contributed by atoms with Crippen LogP contribution in [0.4, 0.5) is 0 Å². The largest absolute Gasteiger partial charge is 0.496 e. The average Bonchev–Trinajstić information content (AvgIpc) is 2.44.